The molecule has 0 aromatic heterocycles. The van der Waals surface area contributed by atoms with Crippen LogP contribution in [0, 0.1) is 5.92 Å². The molecule has 0 aromatic carbocycles. The van der Waals surface area contributed by atoms with Crippen LogP contribution in [0.4, 0.5) is 0 Å². The minimum atomic E-state index is -0.282. The summed E-state index contributed by atoms with van der Waals surface area (Å²) >= 11 is 0. The summed E-state index contributed by atoms with van der Waals surface area (Å²) < 4.78 is 0. The Labute approximate surface area is 68.6 Å². The lowest BCUT2D eigenvalue weighted by Gasteiger charge is -2.12. The molecule has 11 heavy (non-hydrogen) atoms. The third-order valence-electron chi connectivity index (χ3n) is 1.74. The lowest BCUT2D eigenvalue weighted by Crippen LogP contribution is -2.10. The van der Waals surface area contributed by atoms with Gasteiger partial charge in [0, 0.05) is 6.61 Å². The summed E-state index contributed by atoms with van der Waals surface area (Å²) in [4.78, 5) is 0. The Morgan fingerprint density at radius 2 is 2.18 bits per heavy atom. The van der Waals surface area contributed by atoms with Gasteiger partial charge in [0.2, 0.25) is 0 Å². The molecule has 0 bridgehead atoms. The Balaban J connectivity index is 3.34. The summed E-state index contributed by atoms with van der Waals surface area (Å²) in [6.07, 6.45) is 3.68. The van der Waals surface area contributed by atoms with Gasteiger partial charge in [-0.2, -0.15) is 0 Å². The maximum Gasteiger partial charge on any atom is 0.0546 e. The molecule has 0 saturated carbocycles. The van der Waals surface area contributed by atoms with E-state index in [1.54, 1.807) is 0 Å². The summed E-state index contributed by atoms with van der Waals surface area (Å²) in [6.45, 7) is 5.82. The van der Waals surface area contributed by atoms with Crippen LogP contribution >= 0.6 is 0 Å². The highest BCUT2D eigenvalue weighted by Crippen LogP contribution is 2.10. The van der Waals surface area contributed by atoms with Gasteiger partial charge in [-0.25, -0.2) is 0 Å². The number of aliphatic hydroxyl groups excluding tert-OH is 2. The van der Waals surface area contributed by atoms with Crippen molar-refractivity contribution in [1.82, 2.24) is 0 Å². The van der Waals surface area contributed by atoms with Crippen LogP contribution in [0.25, 0.3) is 0 Å². The lowest BCUT2D eigenvalue weighted by atomic mass is 10.0. The zero-order valence-corrected chi connectivity index (χ0v) is 7.16. The molecule has 0 spiro atoms. The number of hydrogen-bond donors (Lipinski definition) is 2. The molecule has 2 heteroatoms. The van der Waals surface area contributed by atoms with Gasteiger partial charge in [-0.1, -0.05) is 13.0 Å². The molecule has 2 N–H and O–H groups in total. The van der Waals surface area contributed by atoms with Gasteiger partial charge in [0.15, 0.2) is 0 Å². The highest BCUT2D eigenvalue weighted by Gasteiger charge is 2.06. The summed E-state index contributed by atoms with van der Waals surface area (Å²) in [5, 5.41) is 17.8. The van der Waals surface area contributed by atoms with Crippen molar-refractivity contribution in [3.63, 3.8) is 0 Å². The van der Waals surface area contributed by atoms with Crippen LogP contribution < -0.4 is 0 Å². The fourth-order valence-corrected chi connectivity index (χ4v) is 0.970. The molecule has 0 unspecified atom stereocenters. The van der Waals surface area contributed by atoms with Crippen LogP contribution in [0.5, 0.6) is 0 Å². The van der Waals surface area contributed by atoms with E-state index in [0.717, 1.165) is 6.42 Å². The van der Waals surface area contributed by atoms with Gasteiger partial charge in [0.25, 0.3) is 0 Å². The van der Waals surface area contributed by atoms with Gasteiger partial charge in [0.1, 0.15) is 0 Å². The Morgan fingerprint density at radius 1 is 1.55 bits per heavy atom. The molecule has 0 aliphatic heterocycles. The molecule has 0 fully saturated rings. The van der Waals surface area contributed by atoms with Crippen molar-refractivity contribution in [2.45, 2.75) is 32.3 Å². The standard InChI is InChI=1S/C9H18O2/c1-3-8(2)7-9(11)5-4-6-10/h3,8-11H,1,4-7H2,2H3/t8-,9-/m1/s1. The molecule has 0 radical (unpaired) electrons. The van der Waals surface area contributed by atoms with Crippen LogP contribution in [0.3, 0.4) is 0 Å². The largest absolute Gasteiger partial charge is 0.396 e. The van der Waals surface area contributed by atoms with Gasteiger partial charge < -0.3 is 10.2 Å². The molecule has 0 aliphatic rings. The van der Waals surface area contributed by atoms with E-state index in [9.17, 15) is 5.11 Å². The first-order valence-electron chi connectivity index (χ1n) is 4.12. The zero-order valence-electron chi connectivity index (χ0n) is 7.16. The van der Waals surface area contributed by atoms with Crippen molar-refractivity contribution in [2.75, 3.05) is 6.61 Å². The third kappa shape index (κ3) is 6.07. The minimum absolute atomic E-state index is 0.166. The maximum atomic E-state index is 9.32. The molecule has 0 amide bonds. The predicted molar refractivity (Wildman–Crippen MR) is 46.3 cm³/mol. The van der Waals surface area contributed by atoms with Gasteiger partial charge >= 0.3 is 0 Å². The number of aliphatic hydroxyl groups is 2. The van der Waals surface area contributed by atoms with Crippen LogP contribution in [-0.2, 0) is 0 Å². The summed E-state index contributed by atoms with van der Waals surface area (Å²) in [5.41, 5.74) is 0. The first kappa shape index (κ1) is 10.7. The highest BCUT2D eigenvalue weighted by molar-refractivity contribution is 4.77. The number of rotatable bonds is 6. The Bertz CT molecular complexity index is 102. The second-order valence-corrected chi connectivity index (χ2v) is 2.97. The number of hydrogen-bond acceptors (Lipinski definition) is 2. The Morgan fingerprint density at radius 3 is 2.64 bits per heavy atom. The second-order valence-electron chi connectivity index (χ2n) is 2.97. The van der Waals surface area contributed by atoms with Crippen molar-refractivity contribution >= 4 is 0 Å². The van der Waals surface area contributed by atoms with Gasteiger partial charge in [-0.15, -0.1) is 6.58 Å². The monoisotopic (exact) mass is 158 g/mol. The summed E-state index contributed by atoms with van der Waals surface area (Å²) in [5.74, 6) is 0.365. The average Bonchev–Trinajstić information content (AvgIpc) is 2.00. The van der Waals surface area contributed by atoms with Crippen molar-refractivity contribution in [2.24, 2.45) is 5.92 Å². The quantitative estimate of drug-likeness (QED) is 0.572. The van der Waals surface area contributed by atoms with Gasteiger partial charge in [0.05, 0.1) is 6.10 Å². The molecule has 0 heterocycles. The summed E-state index contributed by atoms with van der Waals surface area (Å²) in [6, 6.07) is 0. The number of allylic oxidation sites excluding steroid dienone is 1. The van der Waals surface area contributed by atoms with Crippen molar-refractivity contribution in [3.8, 4) is 0 Å². The van der Waals surface area contributed by atoms with Crippen molar-refractivity contribution < 1.29 is 10.2 Å². The topological polar surface area (TPSA) is 40.5 Å². The Kier molecular flexibility index (Phi) is 6.18. The third-order valence-corrected chi connectivity index (χ3v) is 1.74. The fourth-order valence-electron chi connectivity index (χ4n) is 0.970. The van der Waals surface area contributed by atoms with E-state index in [4.69, 9.17) is 5.11 Å². The first-order chi connectivity index (χ1) is 5.20. The van der Waals surface area contributed by atoms with E-state index >= 15 is 0 Å². The first-order valence-corrected chi connectivity index (χ1v) is 4.12. The van der Waals surface area contributed by atoms with Gasteiger partial charge in [-0.05, 0) is 25.2 Å². The van der Waals surface area contributed by atoms with E-state index < -0.39 is 0 Å². The molecule has 0 rings (SSSR count). The average molecular weight is 158 g/mol. The smallest absolute Gasteiger partial charge is 0.0546 e. The fraction of sp³-hybridized carbons (Fsp3) is 0.778. The van der Waals surface area contributed by atoms with Crippen LogP contribution in [0.15, 0.2) is 12.7 Å². The maximum absolute atomic E-state index is 9.32. The van der Waals surface area contributed by atoms with Crippen LogP contribution in [0.2, 0.25) is 0 Å². The molecule has 66 valence electrons. The second kappa shape index (κ2) is 6.38. The Hall–Kier alpha value is -0.340. The lowest BCUT2D eigenvalue weighted by molar-refractivity contribution is 0.131. The highest BCUT2D eigenvalue weighted by atomic mass is 16.3. The molecule has 0 aliphatic carbocycles. The van der Waals surface area contributed by atoms with E-state index in [1.807, 2.05) is 13.0 Å². The SMILES string of the molecule is C=C[C@@H](C)C[C@H](O)CCCO. The molecular formula is C9H18O2. The molecule has 0 aromatic rings. The summed E-state index contributed by atoms with van der Waals surface area (Å²) in [7, 11) is 0. The molecular weight excluding hydrogens is 140 g/mol. The van der Waals surface area contributed by atoms with E-state index in [-0.39, 0.29) is 12.7 Å². The van der Waals surface area contributed by atoms with Crippen molar-refractivity contribution in [3.05, 3.63) is 12.7 Å². The predicted octanol–water partition coefficient (Wildman–Crippen LogP) is 1.33. The van der Waals surface area contributed by atoms with E-state index in [2.05, 4.69) is 6.58 Å². The minimum Gasteiger partial charge on any atom is -0.396 e. The molecule has 2 nitrogen and oxygen atoms in total. The zero-order chi connectivity index (χ0) is 8.69. The van der Waals surface area contributed by atoms with E-state index in [1.165, 1.54) is 0 Å². The molecule has 0 saturated heterocycles. The van der Waals surface area contributed by atoms with E-state index in [0.29, 0.717) is 18.8 Å². The normalized spacial score (nSPS) is 15.9. The van der Waals surface area contributed by atoms with Crippen molar-refractivity contribution in [1.29, 1.82) is 0 Å². The molecule has 2 atom stereocenters. The van der Waals surface area contributed by atoms with Crippen LogP contribution in [-0.4, -0.2) is 22.9 Å². The van der Waals surface area contributed by atoms with Gasteiger partial charge in [-0.3, -0.25) is 0 Å². The van der Waals surface area contributed by atoms with Crippen LogP contribution in [0.1, 0.15) is 26.2 Å².